The van der Waals surface area contributed by atoms with Crippen molar-refractivity contribution in [2.45, 2.75) is 29.8 Å². The van der Waals surface area contributed by atoms with Crippen LogP contribution in [0.2, 0.25) is 0 Å². The van der Waals surface area contributed by atoms with Crippen LogP contribution in [0, 0.1) is 6.92 Å². The molecule has 0 radical (unpaired) electrons. The molecule has 1 amide bonds. The Morgan fingerprint density at radius 3 is 2.58 bits per heavy atom. The molecule has 1 atom stereocenters. The number of carbonyl (C=O) groups excluding carboxylic acids is 1. The molecule has 3 aromatic heterocycles. The number of rotatable bonds is 6. The maximum Gasteiger partial charge on any atom is 0.251 e. The van der Waals surface area contributed by atoms with Crippen molar-refractivity contribution in [1.82, 2.24) is 30.2 Å². The fourth-order valence-corrected chi connectivity index (χ4v) is 4.48. The molecule has 33 heavy (non-hydrogen) atoms. The van der Waals surface area contributed by atoms with Crippen LogP contribution in [0.4, 0.5) is 5.82 Å². The summed E-state index contributed by atoms with van der Waals surface area (Å²) in [6, 6.07) is 9.46. The van der Waals surface area contributed by atoms with Crippen LogP contribution in [0.5, 0.6) is 0 Å². The van der Waals surface area contributed by atoms with Gasteiger partial charge in [0.1, 0.15) is 28.0 Å². The predicted molar refractivity (Wildman–Crippen MR) is 134 cm³/mol. The summed E-state index contributed by atoms with van der Waals surface area (Å²) in [5, 5.41) is 7.91. The molecule has 0 saturated heterocycles. The molecule has 0 bridgehead atoms. The molecular formula is C23H23N7OS2. The zero-order chi connectivity index (χ0) is 23.5. The number of thiol groups is 2. The number of fused-ring (bicyclic) bond motifs is 1. The number of benzene rings is 1. The number of pyridine rings is 1. The Hall–Kier alpha value is -3.24. The molecule has 0 spiro atoms. The summed E-state index contributed by atoms with van der Waals surface area (Å²) in [5.41, 5.74) is 3.76. The molecule has 168 valence electrons. The summed E-state index contributed by atoms with van der Waals surface area (Å²) in [5.74, 6) is 1.22. The number of hydrogen-bond acceptors (Lipinski definition) is 9. The van der Waals surface area contributed by atoms with Gasteiger partial charge in [0.05, 0.1) is 22.3 Å². The summed E-state index contributed by atoms with van der Waals surface area (Å²) in [6.45, 7) is 4.49. The predicted octanol–water partition coefficient (Wildman–Crippen LogP) is 3.94. The highest BCUT2D eigenvalue weighted by molar-refractivity contribution is 7.81. The lowest BCUT2D eigenvalue weighted by atomic mass is 9.96. The van der Waals surface area contributed by atoms with Crippen LogP contribution in [0.25, 0.3) is 22.2 Å². The van der Waals surface area contributed by atoms with E-state index >= 15 is 0 Å². The van der Waals surface area contributed by atoms with E-state index in [0.29, 0.717) is 45.1 Å². The molecule has 4 rings (SSSR count). The van der Waals surface area contributed by atoms with Gasteiger partial charge >= 0.3 is 0 Å². The molecule has 0 saturated carbocycles. The summed E-state index contributed by atoms with van der Waals surface area (Å²) >= 11 is 8.93. The summed E-state index contributed by atoms with van der Waals surface area (Å²) in [7, 11) is 1.62. The molecule has 0 aliphatic heterocycles. The monoisotopic (exact) mass is 477 g/mol. The molecule has 1 aromatic carbocycles. The average molecular weight is 478 g/mol. The normalized spacial score (nSPS) is 11.9. The maximum absolute atomic E-state index is 12.2. The lowest BCUT2D eigenvalue weighted by Gasteiger charge is -2.16. The first-order valence-electron chi connectivity index (χ1n) is 10.3. The number of para-hydroxylation sites is 1. The van der Waals surface area contributed by atoms with Crippen LogP contribution in [-0.2, 0) is 0 Å². The first kappa shape index (κ1) is 22.9. The van der Waals surface area contributed by atoms with Crippen molar-refractivity contribution in [2.24, 2.45) is 0 Å². The molecule has 8 nitrogen and oxygen atoms in total. The fourth-order valence-electron chi connectivity index (χ4n) is 3.66. The Kier molecular flexibility index (Phi) is 6.75. The number of amides is 1. The molecule has 0 aliphatic carbocycles. The number of carbonyl (C=O) groups is 1. The first-order chi connectivity index (χ1) is 15.9. The molecule has 3 heterocycles. The van der Waals surface area contributed by atoms with Gasteiger partial charge in [-0.25, -0.2) is 19.9 Å². The number of nitrogens with one attached hydrogen (secondary N) is 2. The van der Waals surface area contributed by atoms with Crippen molar-refractivity contribution in [1.29, 1.82) is 0 Å². The van der Waals surface area contributed by atoms with Crippen molar-refractivity contribution in [3.8, 4) is 11.3 Å². The molecule has 2 N–H and O–H groups in total. The van der Waals surface area contributed by atoms with Crippen LogP contribution in [0.15, 0.2) is 52.9 Å². The number of hydrogen-bond donors (Lipinski definition) is 4. The second-order valence-corrected chi connectivity index (χ2v) is 8.39. The average Bonchev–Trinajstić information content (AvgIpc) is 2.81. The highest BCUT2D eigenvalue weighted by atomic mass is 32.1. The van der Waals surface area contributed by atoms with E-state index in [1.165, 1.54) is 6.33 Å². The van der Waals surface area contributed by atoms with Gasteiger partial charge in [-0.15, -0.1) is 25.3 Å². The van der Waals surface area contributed by atoms with Gasteiger partial charge in [0.15, 0.2) is 0 Å². The van der Waals surface area contributed by atoms with E-state index < -0.39 is 0 Å². The summed E-state index contributed by atoms with van der Waals surface area (Å²) in [4.78, 5) is 34.1. The van der Waals surface area contributed by atoms with Gasteiger partial charge in [0, 0.05) is 37.2 Å². The summed E-state index contributed by atoms with van der Waals surface area (Å²) in [6.07, 6.45) is 3.15. The standard InChI is InChI=1S/C23H23N7OS2/c1-12(14-5-4-6-15-16(21(31)24-3)7-8-25-20(14)15)10-26-18-9-17(27-11-28-18)19-22(32)29-13(2)30-23(19)33/h4-9,11-12H,10H2,1-3H3,(H,24,31)(H,26,27,28)(H2,29,30,32,33)/t12-/m1/s1. The fraction of sp³-hybridized carbons (Fsp3) is 0.217. The van der Waals surface area contributed by atoms with E-state index in [-0.39, 0.29) is 11.8 Å². The van der Waals surface area contributed by atoms with Crippen molar-refractivity contribution in [2.75, 3.05) is 18.9 Å². The van der Waals surface area contributed by atoms with E-state index in [1.807, 2.05) is 24.3 Å². The van der Waals surface area contributed by atoms with Crippen molar-refractivity contribution in [3.05, 3.63) is 59.8 Å². The third-order valence-electron chi connectivity index (χ3n) is 5.30. The quantitative estimate of drug-likeness (QED) is 0.246. The number of nitrogens with zero attached hydrogens (tertiary/aromatic N) is 5. The van der Waals surface area contributed by atoms with Gasteiger partial charge in [-0.1, -0.05) is 25.1 Å². The third-order valence-corrected chi connectivity index (χ3v) is 5.95. The molecule has 0 unspecified atom stereocenters. The van der Waals surface area contributed by atoms with Crippen LogP contribution < -0.4 is 10.6 Å². The molecule has 10 heteroatoms. The topological polar surface area (TPSA) is 106 Å². The van der Waals surface area contributed by atoms with Gasteiger partial charge in [0.25, 0.3) is 5.91 Å². The van der Waals surface area contributed by atoms with E-state index in [0.717, 1.165) is 16.5 Å². The minimum atomic E-state index is -0.133. The zero-order valence-corrected chi connectivity index (χ0v) is 20.2. The molecule has 0 aliphatic rings. The lowest BCUT2D eigenvalue weighted by Crippen LogP contribution is -2.18. The largest absolute Gasteiger partial charge is 0.369 e. The third kappa shape index (κ3) is 4.76. The van der Waals surface area contributed by atoms with E-state index in [1.54, 1.807) is 26.2 Å². The van der Waals surface area contributed by atoms with Gasteiger partial charge in [0.2, 0.25) is 0 Å². The van der Waals surface area contributed by atoms with Crippen LogP contribution >= 0.6 is 25.3 Å². The van der Waals surface area contributed by atoms with Crippen molar-refractivity contribution in [3.63, 3.8) is 0 Å². The van der Waals surface area contributed by atoms with E-state index in [4.69, 9.17) is 0 Å². The Labute approximate surface area is 202 Å². The van der Waals surface area contributed by atoms with Crippen LogP contribution in [0.3, 0.4) is 0 Å². The molecule has 4 aromatic rings. The van der Waals surface area contributed by atoms with Gasteiger partial charge in [-0.3, -0.25) is 9.78 Å². The van der Waals surface area contributed by atoms with Gasteiger partial charge in [-0.2, -0.15) is 0 Å². The smallest absolute Gasteiger partial charge is 0.251 e. The SMILES string of the molecule is CNC(=O)c1ccnc2c([C@H](C)CNc3cc(-c4c(S)nc(C)nc4S)ncn3)cccc12. The van der Waals surface area contributed by atoms with Crippen molar-refractivity contribution >= 4 is 47.9 Å². The van der Waals surface area contributed by atoms with Crippen LogP contribution in [-0.4, -0.2) is 44.4 Å². The van der Waals surface area contributed by atoms with Gasteiger partial charge < -0.3 is 10.6 Å². The highest BCUT2D eigenvalue weighted by Crippen LogP contribution is 2.30. The highest BCUT2D eigenvalue weighted by Gasteiger charge is 2.16. The van der Waals surface area contributed by atoms with E-state index in [2.05, 4.69) is 67.7 Å². The van der Waals surface area contributed by atoms with Crippen molar-refractivity contribution < 1.29 is 4.79 Å². The number of aromatic nitrogens is 5. The second kappa shape index (κ2) is 9.72. The van der Waals surface area contributed by atoms with Crippen LogP contribution in [0.1, 0.15) is 34.6 Å². The van der Waals surface area contributed by atoms with Gasteiger partial charge in [-0.05, 0) is 18.6 Å². The lowest BCUT2D eigenvalue weighted by molar-refractivity contribution is 0.0964. The molecular weight excluding hydrogens is 454 g/mol. The summed E-state index contributed by atoms with van der Waals surface area (Å²) < 4.78 is 0. The number of anilines is 1. The molecule has 0 fully saturated rings. The minimum Gasteiger partial charge on any atom is -0.369 e. The Morgan fingerprint density at radius 1 is 1.09 bits per heavy atom. The second-order valence-electron chi connectivity index (χ2n) is 7.54. The Balaban J connectivity index is 1.58. The minimum absolute atomic E-state index is 0.100. The first-order valence-corrected chi connectivity index (χ1v) is 11.2. The maximum atomic E-state index is 12.2. The zero-order valence-electron chi connectivity index (χ0n) is 18.4. The Morgan fingerprint density at radius 2 is 1.85 bits per heavy atom. The number of aryl methyl sites for hydroxylation is 1. The Bertz CT molecular complexity index is 1320. The van der Waals surface area contributed by atoms with E-state index in [9.17, 15) is 4.79 Å².